The van der Waals surface area contributed by atoms with E-state index in [1.54, 1.807) is 0 Å². The van der Waals surface area contributed by atoms with Crippen LogP contribution in [0.2, 0.25) is 0 Å². The van der Waals surface area contributed by atoms with Gasteiger partial charge in [0.2, 0.25) is 0 Å². The minimum absolute atomic E-state index is 0.0524. The first-order valence-corrected chi connectivity index (χ1v) is 8.04. The molecule has 0 atom stereocenters. The third-order valence-electron chi connectivity index (χ3n) is 3.43. The lowest BCUT2D eigenvalue weighted by Gasteiger charge is -2.24. The molecule has 2 rings (SSSR count). The second kappa shape index (κ2) is 9.79. The summed E-state index contributed by atoms with van der Waals surface area (Å²) in [6, 6.07) is 9.40. The average Bonchev–Trinajstić information content (AvgIpc) is 3.08. The Morgan fingerprint density at radius 3 is 2.04 bits per heavy atom. The molecule has 1 heterocycles. The normalized spacial score (nSPS) is 14.8. The lowest BCUT2D eigenvalue weighted by atomic mass is 10.1. The Hall–Kier alpha value is -2.58. The van der Waals surface area contributed by atoms with Crippen LogP contribution in [0.15, 0.2) is 42.4 Å². The molecule has 8 heteroatoms. The fourth-order valence-electron chi connectivity index (χ4n) is 2.14. The van der Waals surface area contributed by atoms with Crippen LogP contribution in [-0.4, -0.2) is 58.4 Å². The van der Waals surface area contributed by atoms with Crippen LogP contribution >= 0.6 is 0 Å². The van der Waals surface area contributed by atoms with E-state index < -0.39 is 17.7 Å². The summed E-state index contributed by atoms with van der Waals surface area (Å²) in [6.07, 6.45) is 1.57. The molecule has 1 aromatic carbocycles. The zero-order chi connectivity index (χ0) is 18.8. The van der Waals surface area contributed by atoms with Gasteiger partial charge in [-0.3, -0.25) is 0 Å². The van der Waals surface area contributed by atoms with Gasteiger partial charge in [0.15, 0.2) is 0 Å². The Balaban J connectivity index is 2.07. The molecule has 1 aromatic rings. The number of esters is 2. The molecule has 0 amide bonds. The SMILES string of the molecule is COCCOC(=O)C1(C(=O)OCCOC)OC=C(Cc2ccccc2)O1. The fourth-order valence-corrected chi connectivity index (χ4v) is 2.14. The maximum Gasteiger partial charge on any atom is 0.452 e. The van der Waals surface area contributed by atoms with Crippen molar-refractivity contribution in [1.29, 1.82) is 0 Å². The number of hydrogen-bond acceptors (Lipinski definition) is 8. The van der Waals surface area contributed by atoms with Crippen LogP contribution in [0.4, 0.5) is 0 Å². The van der Waals surface area contributed by atoms with Gasteiger partial charge in [0.05, 0.1) is 13.2 Å². The van der Waals surface area contributed by atoms with Crippen molar-refractivity contribution in [3.8, 4) is 0 Å². The third kappa shape index (κ3) is 4.96. The number of hydrogen-bond donors (Lipinski definition) is 0. The highest BCUT2D eigenvalue weighted by Crippen LogP contribution is 2.30. The highest BCUT2D eigenvalue weighted by molar-refractivity contribution is 6.02. The molecule has 1 aliphatic heterocycles. The summed E-state index contributed by atoms with van der Waals surface area (Å²) in [5.74, 6) is -4.01. The largest absolute Gasteiger partial charge is 0.457 e. The Morgan fingerprint density at radius 2 is 1.50 bits per heavy atom. The van der Waals surface area contributed by atoms with Crippen LogP contribution < -0.4 is 0 Å². The Bertz CT molecular complexity index is 603. The van der Waals surface area contributed by atoms with E-state index >= 15 is 0 Å². The van der Waals surface area contributed by atoms with Gasteiger partial charge in [0.1, 0.15) is 25.2 Å². The molecule has 0 saturated heterocycles. The van der Waals surface area contributed by atoms with Crippen LogP contribution in [0.3, 0.4) is 0 Å². The average molecular weight is 366 g/mol. The molecule has 0 fully saturated rings. The maximum atomic E-state index is 12.4. The summed E-state index contributed by atoms with van der Waals surface area (Å²) in [6.45, 7) is 0.238. The summed E-state index contributed by atoms with van der Waals surface area (Å²) in [5.41, 5.74) is 0.929. The first-order valence-electron chi connectivity index (χ1n) is 8.04. The van der Waals surface area contributed by atoms with E-state index in [4.69, 9.17) is 28.4 Å². The number of carbonyl (C=O) groups excluding carboxylic acids is 2. The molecule has 8 nitrogen and oxygen atoms in total. The van der Waals surface area contributed by atoms with Gasteiger partial charge in [-0.25, -0.2) is 9.59 Å². The zero-order valence-corrected chi connectivity index (χ0v) is 14.8. The number of allylic oxidation sites excluding steroid dienone is 1. The van der Waals surface area contributed by atoms with Crippen molar-refractivity contribution in [3.63, 3.8) is 0 Å². The van der Waals surface area contributed by atoms with E-state index in [1.807, 2.05) is 30.3 Å². The van der Waals surface area contributed by atoms with E-state index in [9.17, 15) is 9.59 Å². The van der Waals surface area contributed by atoms with Crippen LogP contribution in [0.25, 0.3) is 0 Å². The van der Waals surface area contributed by atoms with E-state index in [1.165, 1.54) is 20.5 Å². The number of benzene rings is 1. The summed E-state index contributed by atoms with van der Waals surface area (Å²) < 4.78 is 30.5. The molecule has 26 heavy (non-hydrogen) atoms. The van der Waals surface area contributed by atoms with Crippen LogP contribution in [0.1, 0.15) is 5.56 Å². The van der Waals surface area contributed by atoms with Crippen molar-refractivity contribution in [2.75, 3.05) is 40.6 Å². The smallest absolute Gasteiger partial charge is 0.452 e. The topological polar surface area (TPSA) is 89.5 Å². The monoisotopic (exact) mass is 366 g/mol. The van der Waals surface area contributed by atoms with Gasteiger partial charge < -0.3 is 28.4 Å². The highest BCUT2D eigenvalue weighted by Gasteiger charge is 2.58. The van der Waals surface area contributed by atoms with E-state index in [-0.39, 0.29) is 26.4 Å². The molecule has 0 spiro atoms. The Morgan fingerprint density at radius 1 is 0.923 bits per heavy atom. The second-order valence-electron chi connectivity index (χ2n) is 5.34. The van der Waals surface area contributed by atoms with Gasteiger partial charge in [-0.15, -0.1) is 0 Å². The van der Waals surface area contributed by atoms with Crippen molar-refractivity contribution in [2.24, 2.45) is 0 Å². The molecular weight excluding hydrogens is 344 g/mol. The van der Waals surface area contributed by atoms with Crippen LogP contribution in [0.5, 0.6) is 0 Å². The van der Waals surface area contributed by atoms with Gasteiger partial charge in [0, 0.05) is 20.6 Å². The van der Waals surface area contributed by atoms with Gasteiger partial charge in [-0.2, -0.15) is 0 Å². The van der Waals surface area contributed by atoms with Crippen molar-refractivity contribution < 1.29 is 38.0 Å². The van der Waals surface area contributed by atoms with E-state index in [2.05, 4.69) is 0 Å². The molecule has 142 valence electrons. The molecule has 0 N–H and O–H groups in total. The molecule has 0 bridgehead atoms. The van der Waals surface area contributed by atoms with Gasteiger partial charge >= 0.3 is 17.7 Å². The van der Waals surface area contributed by atoms with E-state index in [0.29, 0.717) is 12.2 Å². The fraction of sp³-hybridized carbons (Fsp3) is 0.444. The van der Waals surface area contributed by atoms with E-state index in [0.717, 1.165) is 5.56 Å². The summed E-state index contributed by atoms with van der Waals surface area (Å²) >= 11 is 0. The first kappa shape index (κ1) is 19.7. The summed E-state index contributed by atoms with van der Waals surface area (Å²) in [7, 11) is 2.93. The molecule has 0 radical (unpaired) electrons. The van der Waals surface area contributed by atoms with Crippen molar-refractivity contribution in [2.45, 2.75) is 12.2 Å². The van der Waals surface area contributed by atoms with Gasteiger partial charge in [0.25, 0.3) is 0 Å². The predicted molar refractivity (Wildman–Crippen MR) is 88.8 cm³/mol. The predicted octanol–water partition coefficient (Wildman–Crippen LogP) is 1.19. The van der Waals surface area contributed by atoms with Gasteiger partial charge in [-0.1, -0.05) is 30.3 Å². The minimum atomic E-state index is -2.31. The molecule has 0 unspecified atom stereocenters. The Labute approximate surface area is 151 Å². The Kier molecular flexibility index (Phi) is 7.43. The van der Waals surface area contributed by atoms with Gasteiger partial charge in [-0.05, 0) is 5.56 Å². The minimum Gasteiger partial charge on any atom is -0.457 e. The lowest BCUT2D eigenvalue weighted by molar-refractivity contribution is -0.220. The number of rotatable bonds is 10. The zero-order valence-electron chi connectivity index (χ0n) is 14.8. The molecular formula is C18H22O8. The number of methoxy groups -OCH3 is 2. The molecule has 0 aliphatic carbocycles. The molecule has 0 aromatic heterocycles. The number of ether oxygens (including phenoxy) is 6. The maximum absolute atomic E-state index is 12.4. The highest BCUT2D eigenvalue weighted by atomic mass is 16.8. The molecule has 0 saturated carbocycles. The summed E-state index contributed by atoms with van der Waals surface area (Å²) in [5, 5.41) is 0. The third-order valence-corrected chi connectivity index (χ3v) is 3.43. The lowest BCUT2D eigenvalue weighted by Crippen LogP contribution is -2.50. The summed E-state index contributed by atoms with van der Waals surface area (Å²) in [4.78, 5) is 24.8. The van der Waals surface area contributed by atoms with Crippen LogP contribution in [0, 0.1) is 0 Å². The van der Waals surface area contributed by atoms with Crippen molar-refractivity contribution >= 4 is 11.9 Å². The quantitative estimate of drug-likeness (QED) is 0.347. The first-order chi connectivity index (χ1) is 12.6. The van der Waals surface area contributed by atoms with Crippen LogP contribution in [-0.2, 0) is 44.4 Å². The number of carbonyl (C=O) groups is 2. The standard InChI is InChI=1S/C18H22O8/c1-21-8-10-23-16(19)18(17(20)24-11-9-22-2)25-13-15(26-18)12-14-6-4-3-5-7-14/h3-7,13H,8-12H2,1-2H3. The second-order valence-corrected chi connectivity index (χ2v) is 5.34. The van der Waals surface area contributed by atoms with Crippen molar-refractivity contribution in [3.05, 3.63) is 47.9 Å². The van der Waals surface area contributed by atoms with Crippen molar-refractivity contribution in [1.82, 2.24) is 0 Å². The molecule has 1 aliphatic rings.